The maximum atomic E-state index is 11.9. The number of esters is 2. The van der Waals surface area contributed by atoms with Crippen LogP contribution in [0.1, 0.15) is 31.1 Å². The molecular weight excluding hydrogens is 306 g/mol. The van der Waals surface area contributed by atoms with Crippen LogP contribution < -0.4 is 5.32 Å². The zero-order valence-electron chi connectivity index (χ0n) is 12.6. The highest BCUT2D eigenvalue weighted by molar-refractivity contribution is 8.00. The van der Waals surface area contributed by atoms with Crippen LogP contribution in [0.15, 0.2) is 23.1 Å². The molecular formula is C15H17NO5S. The highest BCUT2D eigenvalue weighted by Crippen LogP contribution is 2.32. The summed E-state index contributed by atoms with van der Waals surface area (Å²) in [6.45, 7) is 4.75. The third-order valence-corrected chi connectivity index (χ3v) is 3.66. The van der Waals surface area contributed by atoms with Crippen molar-refractivity contribution in [2.45, 2.75) is 31.3 Å². The Morgan fingerprint density at radius 2 is 2.05 bits per heavy atom. The van der Waals surface area contributed by atoms with E-state index in [2.05, 4.69) is 5.32 Å². The molecule has 0 bridgehead atoms. The number of hydrogen-bond donors (Lipinski definition) is 1. The summed E-state index contributed by atoms with van der Waals surface area (Å²) in [4.78, 5) is 35.7. The van der Waals surface area contributed by atoms with Crippen molar-refractivity contribution in [1.29, 1.82) is 0 Å². The van der Waals surface area contributed by atoms with E-state index in [-0.39, 0.29) is 11.5 Å². The average molecular weight is 323 g/mol. The van der Waals surface area contributed by atoms with Gasteiger partial charge in [-0.15, -0.1) is 11.8 Å². The molecule has 0 atom stereocenters. The number of carbonyl (C=O) groups is 3. The molecule has 0 saturated heterocycles. The number of nitrogens with one attached hydrogen (secondary N) is 1. The van der Waals surface area contributed by atoms with Crippen LogP contribution >= 0.6 is 11.8 Å². The van der Waals surface area contributed by atoms with Crippen LogP contribution in [0, 0.1) is 0 Å². The molecule has 1 aromatic carbocycles. The Hall–Kier alpha value is -2.02. The maximum absolute atomic E-state index is 11.9. The smallest absolute Gasteiger partial charge is 0.344 e. The highest BCUT2D eigenvalue weighted by Gasteiger charge is 2.20. The van der Waals surface area contributed by atoms with Gasteiger partial charge >= 0.3 is 11.9 Å². The number of anilines is 1. The molecule has 1 aliphatic heterocycles. The molecule has 7 heteroatoms. The van der Waals surface area contributed by atoms with Crippen LogP contribution in [0.2, 0.25) is 0 Å². The van der Waals surface area contributed by atoms with Crippen molar-refractivity contribution in [3.05, 3.63) is 23.8 Å². The molecule has 1 amide bonds. The van der Waals surface area contributed by atoms with Crippen LogP contribution in [0.4, 0.5) is 5.69 Å². The molecule has 0 aromatic heterocycles. The molecule has 2 rings (SSSR count). The molecule has 1 aliphatic rings. The highest BCUT2D eigenvalue weighted by atomic mass is 32.2. The molecule has 118 valence electrons. The van der Waals surface area contributed by atoms with Crippen LogP contribution in [0.25, 0.3) is 0 Å². The summed E-state index contributed by atoms with van der Waals surface area (Å²) < 4.78 is 9.97. The molecule has 6 nitrogen and oxygen atoms in total. The second kappa shape index (κ2) is 6.39. The summed E-state index contributed by atoms with van der Waals surface area (Å²) in [6.07, 6.45) is 0. The van der Waals surface area contributed by atoms with Gasteiger partial charge in [0.05, 0.1) is 17.0 Å². The van der Waals surface area contributed by atoms with Gasteiger partial charge in [0.1, 0.15) is 5.60 Å². The standard InChI is InChI=1S/C15H17NO5S/c1-15(2,3)21-13(18)7-20-14(19)9-4-5-11-10(6-9)16-12(17)8-22-11/h4-6H,7-8H2,1-3H3,(H,16,17). The van der Waals surface area contributed by atoms with Crippen LogP contribution in [0.5, 0.6) is 0 Å². The molecule has 1 aromatic rings. The van der Waals surface area contributed by atoms with Gasteiger partial charge in [-0.2, -0.15) is 0 Å². The molecule has 0 spiro atoms. The summed E-state index contributed by atoms with van der Waals surface area (Å²) in [5, 5.41) is 2.69. The summed E-state index contributed by atoms with van der Waals surface area (Å²) in [5.41, 5.74) is 0.217. The molecule has 22 heavy (non-hydrogen) atoms. The zero-order valence-corrected chi connectivity index (χ0v) is 13.4. The first-order valence-electron chi connectivity index (χ1n) is 6.70. The van der Waals surface area contributed by atoms with Crippen molar-refractivity contribution in [2.24, 2.45) is 0 Å². The summed E-state index contributed by atoms with van der Waals surface area (Å²) in [7, 11) is 0. The third kappa shape index (κ3) is 4.49. The predicted octanol–water partition coefficient (Wildman–Crippen LogP) is 2.23. The Bertz CT molecular complexity index is 621. The van der Waals surface area contributed by atoms with E-state index in [1.165, 1.54) is 17.8 Å². The van der Waals surface area contributed by atoms with Gasteiger partial charge in [-0.3, -0.25) is 4.79 Å². The van der Waals surface area contributed by atoms with Gasteiger partial charge < -0.3 is 14.8 Å². The van der Waals surface area contributed by atoms with Crippen LogP contribution in [-0.2, 0) is 19.1 Å². The van der Waals surface area contributed by atoms with Gasteiger partial charge in [0, 0.05) is 4.90 Å². The number of benzene rings is 1. The van der Waals surface area contributed by atoms with Crippen LogP contribution in [-0.4, -0.2) is 35.8 Å². The third-order valence-electron chi connectivity index (χ3n) is 2.59. The number of amides is 1. The van der Waals surface area contributed by atoms with Crippen molar-refractivity contribution in [3.63, 3.8) is 0 Å². The van der Waals surface area contributed by atoms with E-state index < -0.39 is 24.1 Å². The largest absolute Gasteiger partial charge is 0.457 e. The van der Waals surface area contributed by atoms with E-state index in [9.17, 15) is 14.4 Å². The minimum absolute atomic E-state index is 0.114. The molecule has 0 saturated carbocycles. The van der Waals surface area contributed by atoms with Crippen molar-refractivity contribution in [1.82, 2.24) is 0 Å². The fourth-order valence-corrected chi connectivity index (χ4v) is 2.58. The Morgan fingerprint density at radius 1 is 1.32 bits per heavy atom. The van der Waals surface area contributed by atoms with E-state index >= 15 is 0 Å². The van der Waals surface area contributed by atoms with Crippen molar-refractivity contribution < 1.29 is 23.9 Å². The lowest BCUT2D eigenvalue weighted by Gasteiger charge is -2.19. The molecule has 0 aliphatic carbocycles. The monoisotopic (exact) mass is 323 g/mol. The number of carbonyl (C=O) groups excluding carboxylic acids is 3. The molecule has 1 heterocycles. The molecule has 0 fully saturated rings. The van der Waals surface area contributed by atoms with Gasteiger partial charge in [0.25, 0.3) is 0 Å². The van der Waals surface area contributed by atoms with Crippen molar-refractivity contribution in [2.75, 3.05) is 17.7 Å². The zero-order chi connectivity index (χ0) is 16.3. The first-order valence-corrected chi connectivity index (χ1v) is 7.69. The maximum Gasteiger partial charge on any atom is 0.344 e. The SMILES string of the molecule is CC(C)(C)OC(=O)COC(=O)c1ccc2c(c1)NC(=O)CS2. The van der Waals surface area contributed by atoms with Gasteiger partial charge in [0.15, 0.2) is 6.61 Å². The number of ether oxygens (including phenoxy) is 2. The van der Waals surface area contributed by atoms with E-state index in [1.54, 1.807) is 32.9 Å². The minimum atomic E-state index is -0.640. The lowest BCUT2D eigenvalue weighted by molar-refractivity contribution is -0.158. The number of hydrogen-bond acceptors (Lipinski definition) is 6. The van der Waals surface area contributed by atoms with Gasteiger partial charge in [-0.05, 0) is 39.0 Å². The van der Waals surface area contributed by atoms with E-state index in [0.29, 0.717) is 11.4 Å². The topological polar surface area (TPSA) is 81.7 Å². The van der Waals surface area contributed by atoms with E-state index in [1.807, 2.05) is 0 Å². The average Bonchev–Trinajstić information content (AvgIpc) is 2.42. The second-order valence-electron chi connectivity index (χ2n) is 5.71. The molecule has 0 radical (unpaired) electrons. The van der Waals surface area contributed by atoms with Crippen molar-refractivity contribution >= 4 is 35.3 Å². The summed E-state index contributed by atoms with van der Waals surface area (Å²) in [6, 6.07) is 4.88. The fraction of sp³-hybridized carbons (Fsp3) is 0.400. The van der Waals surface area contributed by atoms with Gasteiger partial charge in [0.2, 0.25) is 5.91 Å². The Morgan fingerprint density at radius 3 is 2.73 bits per heavy atom. The Balaban J connectivity index is 1.97. The fourth-order valence-electron chi connectivity index (χ4n) is 1.79. The summed E-state index contributed by atoms with van der Waals surface area (Å²) in [5.74, 6) is -1.01. The first kappa shape index (κ1) is 16.4. The first-order chi connectivity index (χ1) is 10.2. The van der Waals surface area contributed by atoms with Crippen LogP contribution in [0.3, 0.4) is 0 Å². The molecule has 0 unspecified atom stereocenters. The van der Waals surface area contributed by atoms with Crippen molar-refractivity contribution in [3.8, 4) is 0 Å². The Kier molecular flexibility index (Phi) is 4.75. The van der Waals surface area contributed by atoms with Gasteiger partial charge in [-0.25, -0.2) is 9.59 Å². The molecule has 1 N–H and O–H groups in total. The quantitative estimate of drug-likeness (QED) is 0.859. The normalized spacial score (nSPS) is 13.9. The number of rotatable bonds is 3. The predicted molar refractivity (Wildman–Crippen MR) is 81.9 cm³/mol. The second-order valence-corrected chi connectivity index (χ2v) is 6.73. The lowest BCUT2D eigenvalue weighted by Crippen LogP contribution is -2.27. The lowest BCUT2D eigenvalue weighted by atomic mass is 10.2. The number of fused-ring (bicyclic) bond motifs is 1. The van der Waals surface area contributed by atoms with E-state index in [4.69, 9.17) is 9.47 Å². The summed E-state index contributed by atoms with van der Waals surface area (Å²) >= 11 is 1.40. The Labute approximate surface area is 132 Å². The van der Waals surface area contributed by atoms with E-state index in [0.717, 1.165) is 4.90 Å². The van der Waals surface area contributed by atoms with Gasteiger partial charge in [-0.1, -0.05) is 0 Å². The minimum Gasteiger partial charge on any atom is -0.457 e. The number of thioether (sulfide) groups is 1.